The average Bonchev–Trinajstić information content (AvgIpc) is 3.31. The lowest BCUT2D eigenvalue weighted by Crippen LogP contribution is -2.03. The molecule has 0 amide bonds. The molecule has 0 aliphatic rings. The molecule has 126 valence electrons. The highest BCUT2D eigenvalue weighted by atomic mass is 15.3. The summed E-state index contributed by atoms with van der Waals surface area (Å²) in [6, 6.07) is 22.4. The van der Waals surface area contributed by atoms with Crippen LogP contribution >= 0.6 is 0 Å². The number of hydrogen-bond donors (Lipinski definition) is 1. The van der Waals surface area contributed by atoms with E-state index in [9.17, 15) is 0 Å². The highest BCUT2D eigenvalue weighted by molar-refractivity contribution is 5.85. The fourth-order valence-electron chi connectivity index (χ4n) is 3.26. The average molecular weight is 339 g/mol. The molecule has 3 heterocycles. The number of fused-ring (bicyclic) bond motifs is 3. The molecule has 26 heavy (non-hydrogen) atoms. The first-order chi connectivity index (χ1) is 12.8. The minimum absolute atomic E-state index is 0.824. The number of nitrogens with one attached hydrogen (secondary N) is 1. The Balaban J connectivity index is 1.73. The van der Waals surface area contributed by atoms with Gasteiger partial charge >= 0.3 is 0 Å². The maximum Gasteiger partial charge on any atom is 0.167 e. The van der Waals surface area contributed by atoms with Crippen LogP contribution in [0.3, 0.4) is 0 Å². The lowest BCUT2D eigenvalue weighted by atomic mass is 10.2. The van der Waals surface area contributed by atoms with Gasteiger partial charge in [-0.05, 0) is 42.8 Å². The van der Waals surface area contributed by atoms with Gasteiger partial charge in [0.25, 0.3) is 0 Å². The lowest BCUT2D eigenvalue weighted by molar-refractivity contribution is 0.889. The van der Waals surface area contributed by atoms with Crippen LogP contribution in [0, 0.1) is 6.92 Å². The van der Waals surface area contributed by atoms with E-state index in [0.29, 0.717) is 0 Å². The van der Waals surface area contributed by atoms with Crippen molar-refractivity contribution in [3.63, 3.8) is 0 Å². The third-order valence-corrected chi connectivity index (χ3v) is 4.58. The Morgan fingerprint density at radius 3 is 2.54 bits per heavy atom. The summed E-state index contributed by atoms with van der Waals surface area (Å²) in [5, 5.41) is 8.04. The first-order valence-corrected chi connectivity index (χ1v) is 8.54. The van der Waals surface area contributed by atoms with Gasteiger partial charge in [0.05, 0.1) is 17.4 Å². The van der Waals surface area contributed by atoms with Crippen molar-refractivity contribution in [3.05, 3.63) is 84.7 Å². The SMILES string of the molecule is Cc1ccccc1Nc1nc2cnn(-c3ccccc3)c2n2cccc12. The van der Waals surface area contributed by atoms with Crippen LogP contribution in [-0.2, 0) is 0 Å². The molecule has 0 radical (unpaired) electrons. The molecule has 0 spiro atoms. The van der Waals surface area contributed by atoms with Gasteiger partial charge in [0.1, 0.15) is 5.52 Å². The van der Waals surface area contributed by atoms with E-state index in [1.54, 1.807) is 0 Å². The molecule has 0 unspecified atom stereocenters. The molecule has 0 atom stereocenters. The van der Waals surface area contributed by atoms with E-state index in [-0.39, 0.29) is 0 Å². The Labute approximate surface area is 150 Å². The van der Waals surface area contributed by atoms with Crippen molar-refractivity contribution in [2.45, 2.75) is 6.92 Å². The van der Waals surface area contributed by atoms with E-state index in [0.717, 1.165) is 33.9 Å². The van der Waals surface area contributed by atoms with Gasteiger partial charge in [-0.3, -0.25) is 4.40 Å². The second kappa shape index (κ2) is 5.74. The van der Waals surface area contributed by atoms with E-state index in [2.05, 4.69) is 39.9 Å². The van der Waals surface area contributed by atoms with Crippen molar-refractivity contribution in [3.8, 4) is 5.69 Å². The molecular formula is C21H17N5. The molecule has 5 rings (SSSR count). The van der Waals surface area contributed by atoms with Crippen LogP contribution in [0.1, 0.15) is 5.56 Å². The molecule has 0 bridgehead atoms. The molecular weight excluding hydrogens is 322 g/mol. The van der Waals surface area contributed by atoms with Gasteiger partial charge in [-0.1, -0.05) is 36.4 Å². The van der Waals surface area contributed by atoms with E-state index in [1.807, 2.05) is 65.6 Å². The number of aromatic nitrogens is 4. The number of rotatable bonds is 3. The van der Waals surface area contributed by atoms with Gasteiger partial charge in [0, 0.05) is 11.9 Å². The zero-order chi connectivity index (χ0) is 17.5. The molecule has 5 nitrogen and oxygen atoms in total. The van der Waals surface area contributed by atoms with Crippen molar-refractivity contribution in [1.29, 1.82) is 0 Å². The Kier molecular flexibility index (Phi) is 3.25. The topological polar surface area (TPSA) is 47.2 Å². The van der Waals surface area contributed by atoms with E-state index in [1.165, 1.54) is 5.56 Å². The van der Waals surface area contributed by atoms with Crippen LogP contribution in [0.25, 0.3) is 22.4 Å². The predicted octanol–water partition coefficient (Wildman–Crippen LogP) is 4.73. The number of hydrogen-bond acceptors (Lipinski definition) is 3. The summed E-state index contributed by atoms with van der Waals surface area (Å²) in [5.41, 5.74) is 6.05. The van der Waals surface area contributed by atoms with Crippen molar-refractivity contribution < 1.29 is 0 Å². The molecule has 0 saturated carbocycles. The molecule has 5 heteroatoms. The van der Waals surface area contributed by atoms with Crippen LogP contribution < -0.4 is 5.32 Å². The summed E-state index contributed by atoms with van der Waals surface area (Å²) in [6.07, 6.45) is 3.86. The Bertz CT molecular complexity index is 1220. The Hall–Kier alpha value is -3.60. The van der Waals surface area contributed by atoms with Gasteiger partial charge in [-0.25, -0.2) is 9.67 Å². The summed E-state index contributed by atoms with van der Waals surface area (Å²) in [5.74, 6) is 0.824. The van der Waals surface area contributed by atoms with Crippen molar-refractivity contribution in [2.75, 3.05) is 5.32 Å². The molecule has 3 aromatic heterocycles. The van der Waals surface area contributed by atoms with Gasteiger partial charge in [0.15, 0.2) is 11.5 Å². The smallest absolute Gasteiger partial charge is 0.167 e. The number of benzene rings is 2. The fourth-order valence-corrected chi connectivity index (χ4v) is 3.26. The monoisotopic (exact) mass is 339 g/mol. The predicted molar refractivity (Wildman–Crippen MR) is 104 cm³/mol. The van der Waals surface area contributed by atoms with Crippen molar-refractivity contribution in [2.24, 2.45) is 0 Å². The van der Waals surface area contributed by atoms with E-state index in [4.69, 9.17) is 4.98 Å². The van der Waals surface area contributed by atoms with Gasteiger partial charge in [-0.2, -0.15) is 5.10 Å². The first-order valence-electron chi connectivity index (χ1n) is 8.54. The summed E-state index contributed by atoms with van der Waals surface area (Å²) in [4.78, 5) is 4.84. The van der Waals surface area contributed by atoms with Crippen molar-refractivity contribution in [1.82, 2.24) is 19.2 Å². The summed E-state index contributed by atoms with van der Waals surface area (Å²) in [6.45, 7) is 2.09. The summed E-state index contributed by atoms with van der Waals surface area (Å²) >= 11 is 0. The number of nitrogens with zero attached hydrogens (tertiary/aromatic N) is 4. The molecule has 1 N–H and O–H groups in total. The maximum absolute atomic E-state index is 4.84. The molecule has 0 saturated heterocycles. The number of aryl methyl sites for hydroxylation is 1. The fraction of sp³-hybridized carbons (Fsp3) is 0.0476. The third-order valence-electron chi connectivity index (χ3n) is 4.58. The highest BCUT2D eigenvalue weighted by Crippen LogP contribution is 2.27. The normalized spacial score (nSPS) is 11.3. The maximum atomic E-state index is 4.84. The quantitative estimate of drug-likeness (QED) is 0.517. The van der Waals surface area contributed by atoms with Gasteiger partial charge in [0.2, 0.25) is 0 Å². The van der Waals surface area contributed by atoms with Crippen molar-refractivity contribution >= 4 is 28.2 Å². The molecule has 0 fully saturated rings. The minimum Gasteiger partial charge on any atom is -0.338 e. The largest absolute Gasteiger partial charge is 0.338 e. The van der Waals surface area contributed by atoms with Gasteiger partial charge in [-0.15, -0.1) is 0 Å². The zero-order valence-electron chi connectivity index (χ0n) is 14.3. The Morgan fingerprint density at radius 2 is 1.69 bits per heavy atom. The van der Waals surface area contributed by atoms with Crippen LogP contribution in [0.2, 0.25) is 0 Å². The third kappa shape index (κ3) is 2.25. The summed E-state index contributed by atoms with van der Waals surface area (Å²) in [7, 11) is 0. The summed E-state index contributed by atoms with van der Waals surface area (Å²) < 4.78 is 4.05. The zero-order valence-corrected chi connectivity index (χ0v) is 14.3. The van der Waals surface area contributed by atoms with Crippen LogP contribution in [0.4, 0.5) is 11.5 Å². The van der Waals surface area contributed by atoms with Gasteiger partial charge < -0.3 is 5.32 Å². The first kappa shape index (κ1) is 14.7. The standard InChI is InChI=1S/C21H17N5/c1-15-8-5-6-11-17(15)23-20-19-12-7-13-25(19)21-18(24-20)14-22-26(21)16-9-3-2-4-10-16/h2-14H,1H3,(H,23,24). The van der Waals surface area contributed by atoms with Crippen LogP contribution in [-0.4, -0.2) is 19.2 Å². The highest BCUT2D eigenvalue weighted by Gasteiger charge is 2.14. The molecule has 0 aliphatic carbocycles. The molecule has 0 aliphatic heterocycles. The number of para-hydroxylation sites is 2. The minimum atomic E-state index is 0.824. The lowest BCUT2D eigenvalue weighted by Gasteiger charge is -2.12. The van der Waals surface area contributed by atoms with E-state index < -0.39 is 0 Å². The van der Waals surface area contributed by atoms with E-state index >= 15 is 0 Å². The van der Waals surface area contributed by atoms with Crippen LogP contribution in [0.5, 0.6) is 0 Å². The number of anilines is 2. The second-order valence-electron chi connectivity index (χ2n) is 6.26. The Morgan fingerprint density at radius 1 is 0.885 bits per heavy atom. The van der Waals surface area contributed by atoms with Crippen LogP contribution in [0.15, 0.2) is 79.1 Å². The molecule has 5 aromatic rings. The molecule has 2 aromatic carbocycles. The second-order valence-corrected chi connectivity index (χ2v) is 6.26.